The Morgan fingerprint density at radius 2 is 2.12 bits per heavy atom. The van der Waals surface area contributed by atoms with E-state index in [1.807, 2.05) is 4.57 Å². The van der Waals surface area contributed by atoms with Gasteiger partial charge in [0.05, 0.1) is 6.20 Å². The van der Waals surface area contributed by atoms with Gasteiger partial charge in [-0.15, -0.1) is 6.58 Å². The minimum atomic E-state index is -0.306. The lowest BCUT2D eigenvalue weighted by atomic mass is 10.3. The van der Waals surface area contributed by atoms with Crippen molar-refractivity contribution in [3.05, 3.63) is 40.8 Å². The fraction of sp³-hybridized carbons (Fsp3) is 0.462. The van der Waals surface area contributed by atoms with Gasteiger partial charge in [-0.25, -0.2) is 0 Å². The van der Waals surface area contributed by atoms with E-state index in [1.165, 1.54) is 25.1 Å². The molecule has 0 atom stereocenters. The van der Waals surface area contributed by atoms with Gasteiger partial charge in [0, 0.05) is 24.8 Å². The molecular weight excluding hydrogens is 216 g/mol. The van der Waals surface area contributed by atoms with Crippen molar-refractivity contribution in [2.45, 2.75) is 25.9 Å². The second-order valence-corrected chi connectivity index (χ2v) is 4.44. The summed E-state index contributed by atoms with van der Waals surface area (Å²) in [6.07, 6.45) is 5.71. The first-order valence-corrected chi connectivity index (χ1v) is 5.96. The molecule has 0 aliphatic carbocycles. The highest BCUT2D eigenvalue weighted by atomic mass is 16.3. The number of nitrogens with zero attached hydrogens (tertiary/aromatic N) is 2. The highest BCUT2D eigenvalue weighted by Crippen LogP contribution is 2.13. The summed E-state index contributed by atoms with van der Waals surface area (Å²) in [5, 5.41) is 9.43. The van der Waals surface area contributed by atoms with Crippen LogP contribution >= 0.6 is 0 Å². The van der Waals surface area contributed by atoms with Crippen LogP contribution in [-0.2, 0) is 13.1 Å². The smallest absolute Gasteiger partial charge is 0.223 e. The molecule has 4 heteroatoms. The maximum Gasteiger partial charge on any atom is 0.223 e. The number of pyridine rings is 1. The van der Waals surface area contributed by atoms with Crippen LogP contribution in [0.3, 0.4) is 0 Å². The quantitative estimate of drug-likeness (QED) is 0.800. The van der Waals surface area contributed by atoms with Crippen molar-refractivity contribution in [2.75, 3.05) is 13.1 Å². The maximum atomic E-state index is 11.5. The average molecular weight is 234 g/mol. The van der Waals surface area contributed by atoms with Crippen molar-refractivity contribution in [3.63, 3.8) is 0 Å². The zero-order chi connectivity index (χ0) is 12.3. The lowest BCUT2D eigenvalue weighted by Gasteiger charge is -2.18. The molecule has 1 N–H and O–H groups in total. The average Bonchev–Trinajstić information content (AvgIpc) is 2.78. The molecule has 0 amide bonds. The Hall–Kier alpha value is -1.55. The molecule has 1 aromatic heterocycles. The molecule has 1 fully saturated rings. The highest BCUT2D eigenvalue weighted by molar-refractivity contribution is 5.20. The monoisotopic (exact) mass is 234 g/mol. The van der Waals surface area contributed by atoms with Crippen LogP contribution in [0.15, 0.2) is 29.7 Å². The molecule has 17 heavy (non-hydrogen) atoms. The van der Waals surface area contributed by atoms with Gasteiger partial charge in [0.15, 0.2) is 5.75 Å². The van der Waals surface area contributed by atoms with Crippen LogP contribution in [0.2, 0.25) is 0 Å². The van der Waals surface area contributed by atoms with Gasteiger partial charge in [-0.3, -0.25) is 9.69 Å². The Labute approximate surface area is 101 Å². The van der Waals surface area contributed by atoms with Gasteiger partial charge in [-0.05, 0) is 25.9 Å². The highest BCUT2D eigenvalue weighted by Gasteiger charge is 2.14. The van der Waals surface area contributed by atoms with Crippen molar-refractivity contribution in [1.29, 1.82) is 0 Å². The number of hydrogen-bond donors (Lipinski definition) is 1. The van der Waals surface area contributed by atoms with Crippen molar-refractivity contribution in [2.24, 2.45) is 0 Å². The summed E-state index contributed by atoms with van der Waals surface area (Å²) in [5.41, 5.74) is 0.633. The largest absolute Gasteiger partial charge is 0.503 e. The molecule has 92 valence electrons. The molecule has 1 saturated heterocycles. The summed E-state index contributed by atoms with van der Waals surface area (Å²) in [5.74, 6) is -0.197. The van der Waals surface area contributed by atoms with Crippen LogP contribution in [0.1, 0.15) is 18.5 Å². The molecule has 0 radical (unpaired) electrons. The van der Waals surface area contributed by atoms with E-state index in [1.54, 1.807) is 6.08 Å². The van der Waals surface area contributed by atoms with Gasteiger partial charge < -0.3 is 9.67 Å². The topological polar surface area (TPSA) is 45.5 Å². The van der Waals surface area contributed by atoms with E-state index in [-0.39, 0.29) is 11.2 Å². The number of aromatic nitrogens is 1. The summed E-state index contributed by atoms with van der Waals surface area (Å²) in [7, 11) is 0. The van der Waals surface area contributed by atoms with Crippen LogP contribution in [-0.4, -0.2) is 27.7 Å². The van der Waals surface area contributed by atoms with Gasteiger partial charge >= 0.3 is 0 Å². The predicted molar refractivity (Wildman–Crippen MR) is 67.1 cm³/mol. The number of likely N-dealkylation sites (tertiary alicyclic amines) is 1. The van der Waals surface area contributed by atoms with Crippen LogP contribution in [0.4, 0.5) is 0 Å². The first-order valence-electron chi connectivity index (χ1n) is 5.96. The Morgan fingerprint density at radius 3 is 2.76 bits per heavy atom. The number of rotatable bonds is 4. The van der Waals surface area contributed by atoms with Gasteiger partial charge in [0.1, 0.15) is 0 Å². The number of aromatic hydroxyl groups is 1. The number of hydrogen-bond acceptors (Lipinski definition) is 3. The first kappa shape index (κ1) is 11.9. The van der Waals surface area contributed by atoms with Gasteiger partial charge in [-0.1, -0.05) is 6.08 Å². The molecular formula is C13H18N2O2. The second kappa shape index (κ2) is 5.19. The molecule has 0 spiro atoms. The summed E-state index contributed by atoms with van der Waals surface area (Å²) >= 11 is 0. The van der Waals surface area contributed by atoms with E-state index in [0.29, 0.717) is 6.54 Å². The van der Waals surface area contributed by atoms with Crippen LogP contribution in [0, 0.1) is 0 Å². The molecule has 2 heterocycles. The summed E-state index contributed by atoms with van der Waals surface area (Å²) in [6, 6.07) is 1.52. The van der Waals surface area contributed by atoms with Crippen molar-refractivity contribution in [1.82, 2.24) is 9.47 Å². The molecule has 1 aliphatic rings. The minimum Gasteiger partial charge on any atom is -0.503 e. The second-order valence-electron chi connectivity index (χ2n) is 4.44. The maximum absolute atomic E-state index is 11.5. The number of allylic oxidation sites excluding steroid dienone is 1. The van der Waals surface area contributed by atoms with Gasteiger partial charge in [0.2, 0.25) is 5.43 Å². The van der Waals surface area contributed by atoms with Crippen molar-refractivity contribution >= 4 is 0 Å². The Kier molecular flexibility index (Phi) is 3.64. The van der Waals surface area contributed by atoms with E-state index in [2.05, 4.69) is 11.5 Å². The van der Waals surface area contributed by atoms with E-state index < -0.39 is 0 Å². The first-order chi connectivity index (χ1) is 8.20. The third kappa shape index (κ3) is 2.77. The fourth-order valence-electron chi connectivity index (χ4n) is 2.22. The lowest BCUT2D eigenvalue weighted by Crippen LogP contribution is -2.23. The van der Waals surface area contributed by atoms with E-state index >= 15 is 0 Å². The SMILES string of the molecule is C=CCn1cc(O)c(=O)cc1CN1CCCC1. The minimum absolute atomic E-state index is 0.197. The standard InChI is InChI=1S/C13H18N2O2/c1-2-5-15-10-13(17)12(16)8-11(15)9-14-6-3-4-7-14/h2,8,10,17H,1,3-7,9H2. The van der Waals surface area contributed by atoms with Crippen LogP contribution in [0.5, 0.6) is 5.75 Å². The van der Waals surface area contributed by atoms with Gasteiger partial charge in [-0.2, -0.15) is 0 Å². The van der Waals surface area contributed by atoms with E-state index in [9.17, 15) is 9.90 Å². The summed E-state index contributed by atoms with van der Waals surface area (Å²) in [6.45, 7) is 7.24. The van der Waals surface area contributed by atoms with E-state index in [4.69, 9.17) is 0 Å². The Morgan fingerprint density at radius 1 is 1.41 bits per heavy atom. The van der Waals surface area contributed by atoms with Gasteiger partial charge in [0.25, 0.3) is 0 Å². The predicted octanol–water partition coefficient (Wildman–Crippen LogP) is 1.34. The van der Waals surface area contributed by atoms with Crippen LogP contribution < -0.4 is 5.43 Å². The molecule has 1 aliphatic heterocycles. The molecule has 0 saturated carbocycles. The van der Waals surface area contributed by atoms with E-state index in [0.717, 1.165) is 25.3 Å². The molecule has 0 bridgehead atoms. The lowest BCUT2D eigenvalue weighted by molar-refractivity contribution is 0.320. The zero-order valence-corrected chi connectivity index (χ0v) is 9.93. The summed E-state index contributed by atoms with van der Waals surface area (Å²) < 4.78 is 1.88. The summed E-state index contributed by atoms with van der Waals surface area (Å²) in [4.78, 5) is 13.8. The third-order valence-corrected chi connectivity index (χ3v) is 3.11. The normalized spacial score (nSPS) is 16.2. The molecule has 2 rings (SSSR count). The van der Waals surface area contributed by atoms with Crippen molar-refractivity contribution < 1.29 is 5.11 Å². The van der Waals surface area contributed by atoms with Crippen LogP contribution in [0.25, 0.3) is 0 Å². The molecule has 0 aromatic carbocycles. The third-order valence-electron chi connectivity index (χ3n) is 3.11. The zero-order valence-electron chi connectivity index (χ0n) is 9.93. The Balaban J connectivity index is 2.26. The Bertz CT molecular complexity index is 459. The molecule has 0 unspecified atom stereocenters. The van der Waals surface area contributed by atoms with Crippen molar-refractivity contribution in [3.8, 4) is 5.75 Å². The molecule has 4 nitrogen and oxygen atoms in total. The molecule has 1 aromatic rings. The fourth-order valence-corrected chi connectivity index (χ4v) is 2.22.